The molecule has 0 aliphatic carbocycles. The van der Waals surface area contributed by atoms with Gasteiger partial charge in [0.1, 0.15) is 5.69 Å². The molecular formula is C19H20Cl2N2O4. The van der Waals surface area contributed by atoms with Crippen molar-refractivity contribution in [2.45, 2.75) is 32.9 Å². The van der Waals surface area contributed by atoms with Gasteiger partial charge in [0.15, 0.2) is 11.9 Å². The quantitative estimate of drug-likeness (QED) is 0.577. The largest absolute Gasteiger partial charge is 0.448 e. The zero-order valence-electron chi connectivity index (χ0n) is 15.4. The molecular weight excluding hydrogens is 391 g/mol. The number of ketones is 1. The number of rotatable bonds is 6. The van der Waals surface area contributed by atoms with E-state index in [1.165, 1.54) is 30.7 Å². The average Bonchev–Trinajstić information content (AvgIpc) is 2.96. The van der Waals surface area contributed by atoms with Crippen LogP contribution in [0.2, 0.25) is 10.0 Å². The van der Waals surface area contributed by atoms with E-state index in [0.29, 0.717) is 21.2 Å². The summed E-state index contributed by atoms with van der Waals surface area (Å²) in [5, 5.41) is 3.67. The van der Waals surface area contributed by atoms with Crippen molar-refractivity contribution < 1.29 is 19.1 Å². The Morgan fingerprint density at radius 3 is 2.37 bits per heavy atom. The maximum Gasteiger partial charge on any atom is 0.355 e. The molecule has 144 valence electrons. The molecule has 0 aliphatic rings. The summed E-state index contributed by atoms with van der Waals surface area (Å²) in [5.74, 6) is -1.32. The Bertz CT molecular complexity index is 892. The first-order valence-electron chi connectivity index (χ1n) is 8.23. The first-order chi connectivity index (χ1) is 12.6. The van der Waals surface area contributed by atoms with E-state index in [1.807, 2.05) is 0 Å². The number of hydrogen-bond donors (Lipinski definition) is 1. The number of nitrogens with zero attached hydrogens (tertiary/aromatic N) is 1. The van der Waals surface area contributed by atoms with Gasteiger partial charge in [0, 0.05) is 28.9 Å². The zero-order valence-corrected chi connectivity index (χ0v) is 16.9. The highest BCUT2D eigenvalue weighted by atomic mass is 35.5. The minimum absolute atomic E-state index is 0.163. The summed E-state index contributed by atoms with van der Waals surface area (Å²) in [6, 6.07) is 6.02. The normalized spacial score (nSPS) is 13.0. The van der Waals surface area contributed by atoms with Crippen molar-refractivity contribution >= 4 is 40.9 Å². The van der Waals surface area contributed by atoms with E-state index in [2.05, 4.69) is 5.32 Å². The number of carbonyl (C=O) groups is 3. The van der Waals surface area contributed by atoms with Crippen molar-refractivity contribution in [3.8, 4) is 0 Å². The number of aryl methyl sites for hydroxylation is 1. The highest BCUT2D eigenvalue weighted by Gasteiger charge is 2.23. The molecule has 0 aliphatic heterocycles. The number of benzene rings is 1. The maximum absolute atomic E-state index is 12.4. The number of hydrogen-bond acceptors (Lipinski definition) is 4. The van der Waals surface area contributed by atoms with Crippen LogP contribution in [0.15, 0.2) is 30.5 Å². The van der Waals surface area contributed by atoms with Crippen LogP contribution in [0.3, 0.4) is 0 Å². The first-order valence-corrected chi connectivity index (χ1v) is 8.99. The van der Waals surface area contributed by atoms with Gasteiger partial charge in [-0.3, -0.25) is 9.59 Å². The van der Waals surface area contributed by atoms with Gasteiger partial charge in [0.2, 0.25) is 0 Å². The van der Waals surface area contributed by atoms with Gasteiger partial charge in [-0.15, -0.1) is 0 Å². The summed E-state index contributed by atoms with van der Waals surface area (Å²) in [5.41, 5.74) is 1.28. The van der Waals surface area contributed by atoms with Crippen molar-refractivity contribution in [1.82, 2.24) is 9.88 Å². The number of nitrogens with one attached hydrogen (secondary N) is 1. The third-order valence-corrected chi connectivity index (χ3v) is 4.62. The Morgan fingerprint density at radius 1 is 1.15 bits per heavy atom. The molecule has 0 saturated carbocycles. The van der Waals surface area contributed by atoms with Crippen LogP contribution in [0.1, 0.15) is 53.2 Å². The number of Topliss-reactive ketones (excluding diaryl/α,β-unsaturated/α-hetero) is 1. The number of carbonyl (C=O) groups excluding carboxylic acids is 3. The van der Waals surface area contributed by atoms with Gasteiger partial charge in [0.25, 0.3) is 5.91 Å². The molecule has 1 heterocycles. The number of esters is 1. The van der Waals surface area contributed by atoms with E-state index in [4.69, 9.17) is 27.9 Å². The molecule has 1 amide bonds. The van der Waals surface area contributed by atoms with E-state index in [-0.39, 0.29) is 11.5 Å². The summed E-state index contributed by atoms with van der Waals surface area (Å²) in [7, 11) is 1.62. The smallest absolute Gasteiger partial charge is 0.355 e. The van der Waals surface area contributed by atoms with Crippen LogP contribution in [0.4, 0.5) is 0 Å². The minimum atomic E-state index is -1.03. The number of ether oxygens (including phenoxy) is 1. The van der Waals surface area contributed by atoms with Crippen LogP contribution in [0, 0.1) is 0 Å². The van der Waals surface area contributed by atoms with Crippen molar-refractivity contribution in [2.75, 3.05) is 0 Å². The van der Waals surface area contributed by atoms with Gasteiger partial charge in [0.05, 0.1) is 6.04 Å². The lowest BCUT2D eigenvalue weighted by molar-refractivity contribution is -0.129. The highest BCUT2D eigenvalue weighted by Crippen LogP contribution is 2.26. The average molecular weight is 411 g/mol. The Kier molecular flexibility index (Phi) is 6.68. The molecule has 8 heteroatoms. The summed E-state index contributed by atoms with van der Waals surface area (Å²) < 4.78 is 6.71. The molecule has 1 aromatic carbocycles. The molecule has 2 atom stereocenters. The predicted molar refractivity (Wildman–Crippen MR) is 103 cm³/mol. The van der Waals surface area contributed by atoms with Crippen molar-refractivity contribution in [3.63, 3.8) is 0 Å². The van der Waals surface area contributed by atoms with Crippen LogP contribution >= 0.6 is 23.2 Å². The Morgan fingerprint density at radius 2 is 1.81 bits per heavy atom. The van der Waals surface area contributed by atoms with E-state index in [9.17, 15) is 14.4 Å². The third kappa shape index (κ3) is 5.11. The molecule has 0 saturated heterocycles. The first kappa shape index (κ1) is 21.0. The van der Waals surface area contributed by atoms with Crippen LogP contribution in [-0.2, 0) is 16.6 Å². The monoisotopic (exact) mass is 410 g/mol. The molecule has 1 aromatic heterocycles. The highest BCUT2D eigenvalue weighted by molar-refractivity contribution is 6.35. The Balaban J connectivity index is 2.02. The summed E-state index contributed by atoms with van der Waals surface area (Å²) in [6.07, 6.45) is 0.510. The number of amides is 1. The van der Waals surface area contributed by atoms with Crippen molar-refractivity contribution in [2.24, 2.45) is 7.05 Å². The van der Waals surface area contributed by atoms with Crippen LogP contribution in [-0.4, -0.2) is 28.3 Å². The molecule has 0 bridgehead atoms. The maximum atomic E-state index is 12.4. The fourth-order valence-electron chi connectivity index (χ4n) is 2.50. The summed E-state index contributed by atoms with van der Waals surface area (Å²) in [6.45, 7) is 4.64. The predicted octanol–water partition coefficient (Wildman–Crippen LogP) is 3.96. The van der Waals surface area contributed by atoms with E-state index < -0.39 is 24.0 Å². The fraction of sp³-hybridized carbons (Fsp3) is 0.316. The van der Waals surface area contributed by atoms with Gasteiger partial charge in [-0.05, 0) is 44.5 Å². The number of aromatic nitrogens is 1. The molecule has 0 radical (unpaired) electrons. The molecule has 2 rings (SSSR count). The van der Waals surface area contributed by atoms with Crippen LogP contribution in [0.5, 0.6) is 0 Å². The topological polar surface area (TPSA) is 77.4 Å². The fourth-order valence-corrected chi connectivity index (χ4v) is 3.07. The molecule has 6 nitrogen and oxygen atoms in total. The molecule has 0 unspecified atom stereocenters. The molecule has 0 spiro atoms. The molecule has 27 heavy (non-hydrogen) atoms. The lowest BCUT2D eigenvalue weighted by Gasteiger charge is -2.19. The van der Waals surface area contributed by atoms with E-state index in [1.54, 1.807) is 32.2 Å². The SMILES string of the molecule is CC(=O)c1cc(C(=O)O[C@@H](C)C(=O)N[C@@H](C)c2ccc(Cl)cc2Cl)n(C)c1. The molecule has 2 aromatic rings. The van der Waals surface area contributed by atoms with Crippen LogP contribution in [0.25, 0.3) is 0 Å². The van der Waals surface area contributed by atoms with Crippen LogP contribution < -0.4 is 5.32 Å². The van der Waals surface area contributed by atoms with Crippen molar-refractivity contribution in [1.29, 1.82) is 0 Å². The standard InChI is InChI=1S/C19H20Cl2N2O4/c1-10(15-6-5-14(20)8-16(15)21)22-18(25)12(3)27-19(26)17-7-13(11(2)24)9-23(17)4/h5-10,12H,1-4H3,(H,22,25)/t10-,12-/m0/s1. The number of halogens is 2. The second-order valence-corrected chi connectivity index (χ2v) is 7.07. The molecule has 1 N–H and O–H groups in total. The van der Waals surface area contributed by atoms with Gasteiger partial charge in [-0.2, -0.15) is 0 Å². The van der Waals surface area contributed by atoms with Crippen molar-refractivity contribution in [3.05, 3.63) is 57.3 Å². The lowest BCUT2D eigenvalue weighted by atomic mass is 10.1. The van der Waals surface area contributed by atoms with Gasteiger partial charge < -0.3 is 14.6 Å². The summed E-state index contributed by atoms with van der Waals surface area (Å²) in [4.78, 5) is 36.1. The minimum Gasteiger partial charge on any atom is -0.448 e. The Labute approximate surface area is 167 Å². The summed E-state index contributed by atoms with van der Waals surface area (Å²) >= 11 is 12.0. The lowest BCUT2D eigenvalue weighted by Crippen LogP contribution is -2.37. The van der Waals surface area contributed by atoms with Gasteiger partial charge in [-0.1, -0.05) is 29.3 Å². The van der Waals surface area contributed by atoms with E-state index >= 15 is 0 Å². The zero-order chi connectivity index (χ0) is 20.3. The second kappa shape index (κ2) is 8.59. The van der Waals surface area contributed by atoms with Gasteiger partial charge >= 0.3 is 5.97 Å². The Hall–Kier alpha value is -2.31. The second-order valence-electron chi connectivity index (χ2n) is 6.22. The third-order valence-electron chi connectivity index (χ3n) is 4.06. The molecule has 0 fully saturated rings. The van der Waals surface area contributed by atoms with E-state index in [0.717, 1.165) is 0 Å². The van der Waals surface area contributed by atoms with Gasteiger partial charge in [-0.25, -0.2) is 4.79 Å².